The number of aliphatic imine (C=N–C) groups is 1. The van der Waals surface area contributed by atoms with Gasteiger partial charge in [-0.1, -0.05) is 0 Å². The van der Waals surface area contributed by atoms with E-state index >= 15 is 0 Å². The van der Waals surface area contributed by atoms with Gasteiger partial charge < -0.3 is 14.4 Å². The highest BCUT2D eigenvalue weighted by atomic mass is 16.5. The van der Waals surface area contributed by atoms with E-state index in [-0.39, 0.29) is 12.1 Å². The molecular formula is C11H16N6O2. The molecule has 19 heavy (non-hydrogen) atoms. The summed E-state index contributed by atoms with van der Waals surface area (Å²) >= 11 is 0. The minimum absolute atomic E-state index is 0.0308. The van der Waals surface area contributed by atoms with Crippen LogP contribution in [0.15, 0.2) is 11.3 Å². The van der Waals surface area contributed by atoms with E-state index in [0.29, 0.717) is 12.4 Å². The predicted octanol–water partition coefficient (Wildman–Crippen LogP) is -0.110. The van der Waals surface area contributed by atoms with Crippen LogP contribution in [0.5, 0.6) is 0 Å². The number of carbonyl (C=O) groups excluding carboxylic acids is 1. The maximum absolute atomic E-state index is 12.3. The van der Waals surface area contributed by atoms with Crippen molar-refractivity contribution in [3.05, 3.63) is 17.7 Å². The quantitative estimate of drug-likeness (QED) is 0.421. The van der Waals surface area contributed by atoms with Crippen LogP contribution in [0.1, 0.15) is 23.5 Å². The molecule has 3 rings (SSSR count). The third-order valence-electron chi connectivity index (χ3n) is 3.90. The lowest BCUT2D eigenvalue weighted by atomic mass is 10.00. The van der Waals surface area contributed by atoms with Gasteiger partial charge in [0.1, 0.15) is 11.9 Å². The molecule has 8 nitrogen and oxygen atoms in total. The normalized spacial score (nSPS) is 25.9. The molecule has 3 heterocycles. The largest absolute Gasteiger partial charge is 0.335 e. The van der Waals surface area contributed by atoms with Gasteiger partial charge in [0, 0.05) is 27.7 Å². The van der Waals surface area contributed by atoms with Gasteiger partial charge in [0.25, 0.3) is 0 Å². The molecule has 0 spiro atoms. The molecule has 0 aromatic carbocycles. The number of aromatic nitrogens is 2. The second kappa shape index (κ2) is 3.95. The molecule has 102 valence electrons. The van der Waals surface area contributed by atoms with E-state index in [4.69, 9.17) is 0 Å². The Balaban J connectivity index is 2.19. The number of carbonyl (C=O) groups is 1. The van der Waals surface area contributed by atoms with Crippen LogP contribution >= 0.6 is 0 Å². The van der Waals surface area contributed by atoms with E-state index < -0.39 is 6.04 Å². The summed E-state index contributed by atoms with van der Waals surface area (Å²) in [6.45, 7) is 0.560. The van der Waals surface area contributed by atoms with Gasteiger partial charge >= 0.3 is 6.03 Å². The van der Waals surface area contributed by atoms with Gasteiger partial charge in [-0.05, 0) is 0 Å². The third-order valence-corrected chi connectivity index (χ3v) is 3.90. The molecule has 0 aliphatic carbocycles. The van der Waals surface area contributed by atoms with E-state index in [1.54, 1.807) is 30.2 Å². The number of rotatable bonds is 1. The maximum atomic E-state index is 12.3. The molecule has 2 N–H and O–H groups in total. The van der Waals surface area contributed by atoms with E-state index in [9.17, 15) is 10.0 Å². The number of aryl methyl sites for hydroxylation is 1. The first kappa shape index (κ1) is 12.0. The molecular weight excluding hydrogens is 248 g/mol. The second-order valence-electron chi connectivity index (χ2n) is 4.81. The predicted molar refractivity (Wildman–Crippen MR) is 66.8 cm³/mol. The number of hydrogen-bond donors (Lipinski definition) is 2. The number of likely N-dealkylation sites (N-methyl/N-ethyl adjacent to an activating group) is 1. The van der Waals surface area contributed by atoms with Crippen LogP contribution in [0, 0.1) is 0 Å². The summed E-state index contributed by atoms with van der Waals surface area (Å²) < 4.78 is 1.87. The molecule has 2 aliphatic rings. The molecule has 2 amide bonds. The zero-order valence-electron chi connectivity index (χ0n) is 11.0. The van der Waals surface area contributed by atoms with Crippen LogP contribution in [0.4, 0.5) is 4.79 Å². The summed E-state index contributed by atoms with van der Waals surface area (Å²) in [5.74, 6) is 0.340. The highest BCUT2D eigenvalue weighted by molar-refractivity contribution is 5.93. The van der Waals surface area contributed by atoms with E-state index in [1.165, 1.54) is 0 Å². The lowest BCUT2D eigenvalue weighted by molar-refractivity contribution is 0.184. The van der Waals surface area contributed by atoms with Crippen LogP contribution in [-0.4, -0.2) is 57.1 Å². The van der Waals surface area contributed by atoms with Gasteiger partial charge in [-0.2, -0.15) is 0 Å². The number of nitrogens with zero attached hydrogens (tertiary/aromatic N) is 5. The van der Waals surface area contributed by atoms with E-state index in [1.807, 2.05) is 11.6 Å². The summed E-state index contributed by atoms with van der Waals surface area (Å²) in [5.41, 5.74) is 3.85. The number of imidazole rings is 1. The molecule has 2 aliphatic heterocycles. The number of nitrogens with one attached hydrogen (secondary N) is 1. The smallest absolute Gasteiger partial charge is 0.321 e. The van der Waals surface area contributed by atoms with E-state index in [0.717, 1.165) is 11.4 Å². The monoisotopic (exact) mass is 264 g/mol. The molecule has 0 radical (unpaired) electrons. The van der Waals surface area contributed by atoms with Crippen LogP contribution in [0.25, 0.3) is 0 Å². The standard InChI is InChI=1S/C11H16N6O2/c1-12-10(14-19)9-8-7(13-5-15(8)2)6-4-17(9)11(18)16(6)3/h5-6,9,19H,4H2,1-3H3,(H,12,14)/t6-,9-/m0/s1. The van der Waals surface area contributed by atoms with E-state index in [2.05, 4.69) is 15.5 Å². The molecule has 8 heteroatoms. The number of amides is 2. The van der Waals surface area contributed by atoms with Crippen molar-refractivity contribution in [2.45, 2.75) is 12.1 Å². The molecule has 1 saturated heterocycles. The topological polar surface area (TPSA) is 86.0 Å². The fourth-order valence-electron chi connectivity index (χ4n) is 2.91. The van der Waals surface area contributed by atoms with Gasteiger partial charge in [-0.3, -0.25) is 15.7 Å². The van der Waals surface area contributed by atoms with Crippen molar-refractivity contribution in [2.24, 2.45) is 12.0 Å². The molecule has 0 saturated carbocycles. The van der Waals surface area contributed by atoms with Crippen LogP contribution < -0.4 is 5.48 Å². The Kier molecular flexibility index (Phi) is 2.49. The summed E-state index contributed by atoms with van der Waals surface area (Å²) in [7, 11) is 5.22. The van der Waals surface area contributed by atoms with Crippen LogP contribution in [0.2, 0.25) is 0 Å². The minimum atomic E-state index is -0.425. The lowest BCUT2D eigenvalue weighted by Crippen LogP contribution is -2.43. The molecule has 1 aromatic heterocycles. The average molecular weight is 264 g/mol. The van der Waals surface area contributed by atoms with Gasteiger partial charge in [0.2, 0.25) is 0 Å². The maximum Gasteiger partial charge on any atom is 0.321 e. The third kappa shape index (κ3) is 1.40. The van der Waals surface area contributed by atoms with Crippen LogP contribution in [-0.2, 0) is 7.05 Å². The first-order valence-electron chi connectivity index (χ1n) is 6.01. The molecule has 0 unspecified atom stereocenters. The zero-order valence-corrected chi connectivity index (χ0v) is 11.0. The van der Waals surface area contributed by atoms with Crippen molar-refractivity contribution in [1.82, 2.24) is 24.8 Å². The van der Waals surface area contributed by atoms with Crippen molar-refractivity contribution in [1.29, 1.82) is 0 Å². The van der Waals surface area contributed by atoms with Crippen molar-refractivity contribution < 1.29 is 10.0 Å². The summed E-state index contributed by atoms with van der Waals surface area (Å²) in [6.07, 6.45) is 1.72. The van der Waals surface area contributed by atoms with Crippen LogP contribution in [0.3, 0.4) is 0 Å². The highest BCUT2D eigenvalue weighted by Gasteiger charge is 2.49. The van der Waals surface area contributed by atoms with Crippen molar-refractivity contribution >= 4 is 11.9 Å². The number of urea groups is 1. The molecule has 2 atom stereocenters. The number of hydroxylamine groups is 1. The SMILES string of the molecule is CN=C(NO)[C@@H]1c2c(ncn2C)[C@@H]2CN1C(=O)N2C. The highest BCUT2D eigenvalue weighted by Crippen LogP contribution is 2.42. The Bertz CT molecular complexity index is 566. The van der Waals surface area contributed by atoms with Crippen molar-refractivity contribution in [2.75, 3.05) is 20.6 Å². The number of hydrogen-bond acceptors (Lipinski definition) is 4. The van der Waals surface area contributed by atoms with Gasteiger partial charge in [0.05, 0.1) is 23.8 Å². The number of amidine groups is 1. The molecule has 1 fully saturated rings. The fraction of sp³-hybridized carbons (Fsp3) is 0.545. The Morgan fingerprint density at radius 3 is 2.95 bits per heavy atom. The average Bonchev–Trinajstić information content (AvgIpc) is 2.90. The summed E-state index contributed by atoms with van der Waals surface area (Å²) in [5, 5.41) is 9.25. The molecule has 2 bridgehead atoms. The summed E-state index contributed by atoms with van der Waals surface area (Å²) in [6, 6.07) is -0.535. The van der Waals surface area contributed by atoms with Gasteiger partial charge in [-0.25, -0.2) is 9.78 Å². The first-order chi connectivity index (χ1) is 9.10. The van der Waals surface area contributed by atoms with Gasteiger partial charge in [0.15, 0.2) is 0 Å². The Morgan fingerprint density at radius 1 is 1.58 bits per heavy atom. The zero-order chi connectivity index (χ0) is 13.7. The first-order valence-corrected chi connectivity index (χ1v) is 6.01. The Morgan fingerprint density at radius 2 is 2.32 bits per heavy atom. The lowest BCUT2D eigenvalue weighted by Gasteiger charge is -2.31. The van der Waals surface area contributed by atoms with Gasteiger partial charge in [-0.15, -0.1) is 0 Å². The summed E-state index contributed by atoms with van der Waals surface area (Å²) in [4.78, 5) is 24.1. The Hall–Kier alpha value is -2.09. The second-order valence-corrected chi connectivity index (χ2v) is 4.81. The van der Waals surface area contributed by atoms with Crippen molar-refractivity contribution in [3.63, 3.8) is 0 Å². The number of fused-ring (bicyclic) bond motifs is 4. The minimum Gasteiger partial charge on any atom is -0.335 e. The van der Waals surface area contributed by atoms with Crippen molar-refractivity contribution in [3.8, 4) is 0 Å². The fourth-order valence-corrected chi connectivity index (χ4v) is 2.91. The molecule has 1 aromatic rings. The Labute approximate surface area is 110 Å².